The van der Waals surface area contributed by atoms with E-state index in [2.05, 4.69) is 9.97 Å². The van der Waals surface area contributed by atoms with Crippen LogP contribution < -0.4 is 4.74 Å². The minimum absolute atomic E-state index is 0.0898. The van der Waals surface area contributed by atoms with Crippen LogP contribution >= 0.6 is 0 Å². The molecule has 1 unspecified atom stereocenters. The maximum atomic E-state index is 14.5. The van der Waals surface area contributed by atoms with Crippen LogP contribution in [0.4, 0.5) is 4.39 Å². The van der Waals surface area contributed by atoms with Gasteiger partial charge in [0.1, 0.15) is 11.6 Å². The number of rotatable bonds is 6. The van der Waals surface area contributed by atoms with E-state index in [4.69, 9.17) is 9.47 Å². The first-order valence-electron chi connectivity index (χ1n) is 11.6. The van der Waals surface area contributed by atoms with Crippen molar-refractivity contribution in [2.45, 2.75) is 11.8 Å². The molecule has 1 aliphatic rings. The van der Waals surface area contributed by atoms with E-state index in [9.17, 15) is 13.4 Å². The summed E-state index contributed by atoms with van der Waals surface area (Å²) in [4.78, 5) is 24.4. The molecular weight excluding hydrogens is 483 g/mol. The quantitative estimate of drug-likeness (QED) is 0.394. The SMILES string of the molecule is CCOc1ccc(F)c(-c2cnc(-n3cc(S(C)=O)c4ccc(C(=O)N5CCOCC5)cc43)nc2)c1. The van der Waals surface area contributed by atoms with Gasteiger partial charge in [0.15, 0.2) is 0 Å². The van der Waals surface area contributed by atoms with Gasteiger partial charge < -0.3 is 14.4 Å². The second kappa shape index (κ2) is 10.2. The lowest BCUT2D eigenvalue weighted by atomic mass is 10.1. The van der Waals surface area contributed by atoms with Gasteiger partial charge in [0.25, 0.3) is 5.91 Å². The summed E-state index contributed by atoms with van der Waals surface area (Å²) in [7, 11) is -1.27. The average molecular weight is 509 g/mol. The Kier molecular flexibility index (Phi) is 6.80. The lowest BCUT2D eigenvalue weighted by Gasteiger charge is -2.26. The molecule has 8 nitrogen and oxygen atoms in total. The van der Waals surface area contributed by atoms with Gasteiger partial charge in [-0.15, -0.1) is 0 Å². The van der Waals surface area contributed by atoms with Crippen molar-refractivity contribution in [3.63, 3.8) is 0 Å². The minimum Gasteiger partial charge on any atom is -0.494 e. The normalized spacial score (nSPS) is 14.7. The number of carbonyl (C=O) groups excluding carboxylic acids is 1. The summed E-state index contributed by atoms with van der Waals surface area (Å²) in [6.07, 6.45) is 6.39. The van der Waals surface area contributed by atoms with Crippen molar-refractivity contribution in [3.05, 3.63) is 66.4 Å². The summed E-state index contributed by atoms with van der Waals surface area (Å²) in [5.74, 6) is 0.379. The predicted molar refractivity (Wildman–Crippen MR) is 134 cm³/mol. The lowest BCUT2D eigenvalue weighted by Crippen LogP contribution is -2.40. The summed E-state index contributed by atoms with van der Waals surface area (Å²) >= 11 is 0. The van der Waals surface area contributed by atoms with Crippen LogP contribution in [0.25, 0.3) is 28.0 Å². The minimum atomic E-state index is -1.27. The average Bonchev–Trinajstić information content (AvgIpc) is 3.29. The number of carbonyl (C=O) groups is 1. The first kappa shape index (κ1) is 24.1. The van der Waals surface area contributed by atoms with Crippen molar-refractivity contribution >= 4 is 27.6 Å². The van der Waals surface area contributed by atoms with Gasteiger partial charge >= 0.3 is 0 Å². The molecule has 10 heteroatoms. The van der Waals surface area contributed by atoms with Crippen molar-refractivity contribution < 1.29 is 22.9 Å². The molecule has 2 aromatic carbocycles. The largest absolute Gasteiger partial charge is 0.494 e. The zero-order valence-electron chi connectivity index (χ0n) is 19.9. The van der Waals surface area contributed by atoms with Crippen LogP contribution in [0.3, 0.4) is 0 Å². The Morgan fingerprint density at radius 3 is 2.58 bits per heavy atom. The molecular formula is C26H25FN4O4S. The number of benzene rings is 2. The fraction of sp³-hybridized carbons (Fsp3) is 0.269. The third kappa shape index (κ3) is 4.61. The maximum Gasteiger partial charge on any atom is 0.254 e. The van der Waals surface area contributed by atoms with E-state index in [1.807, 2.05) is 6.92 Å². The van der Waals surface area contributed by atoms with Gasteiger partial charge in [-0.1, -0.05) is 6.07 Å². The van der Waals surface area contributed by atoms with Gasteiger partial charge in [0.2, 0.25) is 5.95 Å². The summed E-state index contributed by atoms with van der Waals surface area (Å²) in [6.45, 7) is 4.43. The van der Waals surface area contributed by atoms with E-state index in [-0.39, 0.29) is 5.91 Å². The van der Waals surface area contributed by atoms with Gasteiger partial charge in [0.05, 0.1) is 41.0 Å². The van der Waals surface area contributed by atoms with Gasteiger partial charge in [-0.25, -0.2) is 14.4 Å². The molecule has 1 aliphatic heterocycles. The number of amides is 1. The molecule has 1 fully saturated rings. The molecule has 4 aromatic rings. The Hall–Kier alpha value is -3.63. The molecule has 5 rings (SSSR count). The number of hydrogen-bond acceptors (Lipinski definition) is 6. The van der Waals surface area contributed by atoms with Crippen LogP contribution in [-0.2, 0) is 15.5 Å². The Balaban J connectivity index is 1.54. The first-order valence-corrected chi connectivity index (χ1v) is 13.1. The molecule has 0 bridgehead atoms. The molecule has 0 saturated carbocycles. The summed E-state index contributed by atoms with van der Waals surface area (Å²) in [5, 5.41) is 0.748. The highest BCUT2D eigenvalue weighted by molar-refractivity contribution is 7.84. The fourth-order valence-corrected chi connectivity index (χ4v) is 4.98. The number of fused-ring (bicyclic) bond motifs is 1. The van der Waals surface area contributed by atoms with Crippen LogP contribution in [0.1, 0.15) is 17.3 Å². The van der Waals surface area contributed by atoms with Gasteiger partial charge in [0, 0.05) is 60.0 Å². The topological polar surface area (TPSA) is 86.6 Å². The Morgan fingerprint density at radius 2 is 1.89 bits per heavy atom. The van der Waals surface area contributed by atoms with Crippen molar-refractivity contribution in [1.82, 2.24) is 19.4 Å². The predicted octanol–water partition coefficient (Wildman–Crippen LogP) is 3.84. The zero-order valence-corrected chi connectivity index (χ0v) is 20.8. The second-order valence-corrected chi connectivity index (χ2v) is 9.65. The summed E-state index contributed by atoms with van der Waals surface area (Å²) < 4.78 is 39.5. The third-order valence-electron chi connectivity index (χ3n) is 6.04. The van der Waals surface area contributed by atoms with E-state index < -0.39 is 16.6 Å². The first-order chi connectivity index (χ1) is 17.5. The van der Waals surface area contributed by atoms with E-state index in [0.29, 0.717) is 71.7 Å². The number of aromatic nitrogens is 3. The number of halogens is 1. The molecule has 0 N–H and O–H groups in total. The van der Waals surface area contributed by atoms with E-state index in [0.717, 1.165) is 5.39 Å². The van der Waals surface area contributed by atoms with Crippen LogP contribution in [-0.4, -0.2) is 68.7 Å². The monoisotopic (exact) mass is 508 g/mol. The fourth-order valence-electron chi connectivity index (χ4n) is 4.24. The van der Waals surface area contributed by atoms with Crippen LogP contribution in [0.15, 0.2) is 59.9 Å². The van der Waals surface area contributed by atoms with Crippen molar-refractivity contribution in [1.29, 1.82) is 0 Å². The van der Waals surface area contributed by atoms with Crippen molar-refractivity contribution in [3.8, 4) is 22.8 Å². The lowest BCUT2D eigenvalue weighted by molar-refractivity contribution is 0.0303. The number of morpholine rings is 1. The van der Waals surface area contributed by atoms with Gasteiger partial charge in [-0.2, -0.15) is 0 Å². The standard InChI is InChI=1S/C26H25FN4O4S/c1-3-35-19-5-7-22(27)21(13-19)18-14-28-26(29-15-18)31-16-24(36(2)33)20-6-4-17(12-23(20)31)25(32)30-8-10-34-11-9-30/h4-7,12-16H,3,8-11H2,1-2H3. The zero-order chi connectivity index (χ0) is 25.2. The molecule has 36 heavy (non-hydrogen) atoms. The highest BCUT2D eigenvalue weighted by Gasteiger charge is 2.21. The highest BCUT2D eigenvalue weighted by Crippen LogP contribution is 2.29. The van der Waals surface area contributed by atoms with Gasteiger partial charge in [-0.05, 0) is 37.3 Å². The molecule has 186 valence electrons. The molecule has 1 saturated heterocycles. The molecule has 0 aliphatic carbocycles. The Bertz CT molecular complexity index is 1450. The Morgan fingerprint density at radius 1 is 1.14 bits per heavy atom. The van der Waals surface area contributed by atoms with E-state index in [1.165, 1.54) is 18.5 Å². The second-order valence-electron chi connectivity index (χ2n) is 8.30. The molecule has 1 amide bonds. The maximum absolute atomic E-state index is 14.5. The molecule has 2 aromatic heterocycles. The van der Waals surface area contributed by atoms with Crippen LogP contribution in [0.5, 0.6) is 5.75 Å². The smallest absolute Gasteiger partial charge is 0.254 e. The number of hydrogen-bond donors (Lipinski definition) is 0. The number of ether oxygens (including phenoxy) is 2. The van der Waals surface area contributed by atoms with Crippen LogP contribution in [0, 0.1) is 5.82 Å². The third-order valence-corrected chi connectivity index (χ3v) is 6.98. The molecule has 0 radical (unpaired) electrons. The van der Waals surface area contributed by atoms with Crippen molar-refractivity contribution in [2.24, 2.45) is 0 Å². The molecule has 3 heterocycles. The van der Waals surface area contributed by atoms with Crippen LogP contribution in [0.2, 0.25) is 0 Å². The van der Waals surface area contributed by atoms with Gasteiger partial charge in [-0.3, -0.25) is 13.6 Å². The number of nitrogens with zero attached hydrogens (tertiary/aromatic N) is 4. The van der Waals surface area contributed by atoms with Crippen molar-refractivity contribution in [2.75, 3.05) is 39.2 Å². The van der Waals surface area contributed by atoms with E-state index >= 15 is 0 Å². The molecule has 0 spiro atoms. The highest BCUT2D eigenvalue weighted by atomic mass is 32.2. The Labute approximate surface area is 210 Å². The summed E-state index contributed by atoms with van der Waals surface area (Å²) in [6, 6.07) is 9.86. The van der Waals surface area contributed by atoms with E-state index in [1.54, 1.807) is 52.3 Å². The summed E-state index contributed by atoms with van der Waals surface area (Å²) in [5.41, 5.74) is 2.01. The molecule has 1 atom stereocenters.